The molecule has 0 radical (unpaired) electrons. The molecule has 1 atom stereocenters. The zero-order valence-corrected chi connectivity index (χ0v) is 9.14. The van der Waals surface area contributed by atoms with Crippen molar-refractivity contribution in [3.63, 3.8) is 0 Å². The average molecular weight is 223 g/mol. The molecule has 86 valence electrons. The highest BCUT2D eigenvalue weighted by Crippen LogP contribution is 2.30. The van der Waals surface area contributed by atoms with Crippen molar-refractivity contribution in [1.29, 1.82) is 0 Å². The van der Waals surface area contributed by atoms with Crippen molar-refractivity contribution >= 4 is 11.7 Å². The lowest BCUT2D eigenvalue weighted by Crippen LogP contribution is -2.12. The van der Waals surface area contributed by atoms with Crippen LogP contribution in [0.15, 0.2) is 23.4 Å². The van der Waals surface area contributed by atoms with Crippen molar-refractivity contribution in [2.45, 2.75) is 19.8 Å². The molecule has 5 nitrogen and oxygen atoms in total. The summed E-state index contributed by atoms with van der Waals surface area (Å²) in [6.45, 7) is 3.70. The summed E-state index contributed by atoms with van der Waals surface area (Å²) in [4.78, 5) is 21.7. The van der Waals surface area contributed by atoms with Crippen molar-refractivity contribution in [2.75, 3.05) is 6.61 Å². The van der Waals surface area contributed by atoms with E-state index >= 15 is 0 Å². The van der Waals surface area contributed by atoms with Gasteiger partial charge in [0, 0.05) is 0 Å². The second-order valence-corrected chi connectivity index (χ2v) is 3.31. The summed E-state index contributed by atoms with van der Waals surface area (Å²) in [5.41, 5.74) is 0.545. The molecule has 16 heavy (non-hydrogen) atoms. The number of nitroso groups, excluding NO2 is 1. The van der Waals surface area contributed by atoms with Gasteiger partial charge >= 0.3 is 5.97 Å². The minimum Gasteiger partial charge on any atom is -0.506 e. The molecule has 0 bridgehead atoms. The number of hydrogen-bond donors (Lipinski definition) is 1. The molecule has 1 aromatic rings. The quantitative estimate of drug-likeness (QED) is 0.628. The number of benzene rings is 1. The van der Waals surface area contributed by atoms with E-state index < -0.39 is 5.92 Å². The lowest BCUT2D eigenvalue weighted by molar-refractivity contribution is -0.144. The first kappa shape index (κ1) is 12.2. The third-order valence-corrected chi connectivity index (χ3v) is 2.24. The molecule has 0 amide bonds. The number of aromatic hydroxyl groups is 1. The Labute approximate surface area is 93.0 Å². The molecule has 0 aliphatic carbocycles. The van der Waals surface area contributed by atoms with Crippen molar-refractivity contribution in [2.24, 2.45) is 5.18 Å². The van der Waals surface area contributed by atoms with Gasteiger partial charge in [-0.25, -0.2) is 0 Å². The van der Waals surface area contributed by atoms with Crippen LogP contribution in [0.5, 0.6) is 5.75 Å². The number of ether oxygens (including phenoxy) is 1. The van der Waals surface area contributed by atoms with Gasteiger partial charge in [0.2, 0.25) is 0 Å². The predicted octanol–water partition coefficient (Wildman–Crippen LogP) is 2.46. The molecule has 5 heteroatoms. The highest BCUT2D eigenvalue weighted by atomic mass is 16.5. The van der Waals surface area contributed by atoms with E-state index in [4.69, 9.17) is 4.74 Å². The van der Waals surface area contributed by atoms with E-state index in [2.05, 4.69) is 5.18 Å². The molecular formula is C11H13NO4. The fourth-order valence-electron chi connectivity index (χ4n) is 1.29. The summed E-state index contributed by atoms with van der Waals surface area (Å²) in [7, 11) is 0. The fourth-order valence-corrected chi connectivity index (χ4v) is 1.29. The molecular weight excluding hydrogens is 210 g/mol. The van der Waals surface area contributed by atoms with Crippen molar-refractivity contribution in [1.82, 2.24) is 0 Å². The lowest BCUT2D eigenvalue weighted by Gasteiger charge is -2.11. The largest absolute Gasteiger partial charge is 0.506 e. The van der Waals surface area contributed by atoms with Gasteiger partial charge < -0.3 is 9.84 Å². The minimum absolute atomic E-state index is 0.0418. The first-order valence-electron chi connectivity index (χ1n) is 4.93. The summed E-state index contributed by atoms with van der Waals surface area (Å²) < 4.78 is 4.85. The number of hydrogen-bond acceptors (Lipinski definition) is 5. The Bertz CT molecular complexity index is 403. The number of phenolic OH excluding ortho intramolecular Hbond substituents is 1. The van der Waals surface area contributed by atoms with Crippen molar-refractivity contribution < 1.29 is 14.6 Å². The minimum atomic E-state index is -0.480. The van der Waals surface area contributed by atoms with Crippen LogP contribution in [0.2, 0.25) is 0 Å². The van der Waals surface area contributed by atoms with E-state index in [-0.39, 0.29) is 17.4 Å². The third kappa shape index (κ3) is 2.56. The normalized spacial score (nSPS) is 11.9. The molecule has 1 N–H and O–H groups in total. The zero-order valence-electron chi connectivity index (χ0n) is 9.14. The van der Waals surface area contributed by atoms with Gasteiger partial charge in [-0.2, -0.15) is 0 Å². The van der Waals surface area contributed by atoms with Crippen LogP contribution in [0.4, 0.5) is 5.69 Å². The van der Waals surface area contributed by atoms with E-state index in [1.165, 1.54) is 12.1 Å². The summed E-state index contributed by atoms with van der Waals surface area (Å²) in [6.07, 6.45) is 0. The maximum absolute atomic E-state index is 11.4. The molecule has 1 aromatic carbocycles. The summed E-state index contributed by atoms with van der Waals surface area (Å²) in [5, 5.41) is 12.0. The van der Waals surface area contributed by atoms with Crippen LogP contribution in [0.3, 0.4) is 0 Å². The van der Waals surface area contributed by atoms with Gasteiger partial charge in [-0.15, -0.1) is 4.91 Å². The number of esters is 1. The average Bonchev–Trinajstić information content (AvgIpc) is 2.28. The second-order valence-electron chi connectivity index (χ2n) is 3.31. The Morgan fingerprint density at radius 3 is 2.75 bits per heavy atom. The van der Waals surface area contributed by atoms with Crippen molar-refractivity contribution in [3.8, 4) is 5.75 Å². The van der Waals surface area contributed by atoms with Gasteiger partial charge in [0.15, 0.2) is 0 Å². The van der Waals surface area contributed by atoms with E-state index in [9.17, 15) is 14.8 Å². The van der Waals surface area contributed by atoms with E-state index in [0.29, 0.717) is 12.2 Å². The van der Waals surface area contributed by atoms with Crippen molar-refractivity contribution in [3.05, 3.63) is 28.7 Å². The molecule has 0 spiro atoms. The maximum atomic E-state index is 11.4. The highest BCUT2D eigenvalue weighted by molar-refractivity contribution is 5.78. The van der Waals surface area contributed by atoms with Crippen LogP contribution in [-0.4, -0.2) is 17.7 Å². The number of phenols is 1. The van der Waals surface area contributed by atoms with Crippen LogP contribution in [0, 0.1) is 4.91 Å². The van der Waals surface area contributed by atoms with Crippen LogP contribution >= 0.6 is 0 Å². The summed E-state index contributed by atoms with van der Waals surface area (Å²) in [6, 6.07) is 4.28. The lowest BCUT2D eigenvalue weighted by atomic mass is 10.0. The Morgan fingerprint density at radius 2 is 2.25 bits per heavy atom. The van der Waals surface area contributed by atoms with Gasteiger partial charge in [-0.05, 0) is 36.7 Å². The number of carbonyl (C=O) groups is 1. The van der Waals surface area contributed by atoms with Crippen LogP contribution in [0.1, 0.15) is 25.3 Å². The topological polar surface area (TPSA) is 76.0 Å². The number of nitrogens with zero attached hydrogens (tertiary/aromatic N) is 1. The Kier molecular flexibility index (Phi) is 3.99. The molecule has 1 unspecified atom stereocenters. The molecule has 0 saturated carbocycles. The molecule has 0 saturated heterocycles. The number of rotatable bonds is 4. The van der Waals surface area contributed by atoms with E-state index in [0.717, 1.165) is 0 Å². The molecule has 1 rings (SSSR count). The van der Waals surface area contributed by atoms with E-state index in [1.807, 2.05) is 0 Å². The maximum Gasteiger partial charge on any atom is 0.313 e. The SMILES string of the molecule is CCOC(=O)C(C)c1ccc(N=O)c(O)c1. The van der Waals surface area contributed by atoms with Gasteiger partial charge in [0.25, 0.3) is 0 Å². The second kappa shape index (κ2) is 5.25. The van der Waals surface area contributed by atoms with Gasteiger partial charge in [-0.1, -0.05) is 6.07 Å². The molecule has 0 aliphatic heterocycles. The highest BCUT2D eigenvalue weighted by Gasteiger charge is 2.17. The third-order valence-electron chi connectivity index (χ3n) is 2.24. The van der Waals surface area contributed by atoms with Crippen LogP contribution in [-0.2, 0) is 9.53 Å². The van der Waals surface area contributed by atoms with Gasteiger partial charge in [0.1, 0.15) is 11.4 Å². The first-order chi connectivity index (χ1) is 7.60. The van der Waals surface area contributed by atoms with Gasteiger partial charge in [0.05, 0.1) is 12.5 Å². The Morgan fingerprint density at radius 1 is 1.56 bits per heavy atom. The van der Waals surface area contributed by atoms with Crippen LogP contribution in [0.25, 0.3) is 0 Å². The predicted molar refractivity (Wildman–Crippen MR) is 58.6 cm³/mol. The molecule has 0 heterocycles. The summed E-state index contributed by atoms with van der Waals surface area (Å²) in [5.74, 6) is -1.08. The first-order valence-corrected chi connectivity index (χ1v) is 4.93. The van der Waals surface area contributed by atoms with Gasteiger partial charge in [-0.3, -0.25) is 4.79 Å². The Balaban J connectivity index is 2.92. The molecule has 0 aliphatic rings. The van der Waals surface area contributed by atoms with E-state index in [1.54, 1.807) is 19.9 Å². The smallest absolute Gasteiger partial charge is 0.313 e. The van der Waals surface area contributed by atoms with Crippen LogP contribution < -0.4 is 0 Å². The summed E-state index contributed by atoms with van der Waals surface area (Å²) >= 11 is 0. The molecule has 0 aromatic heterocycles. The monoisotopic (exact) mass is 223 g/mol. The fraction of sp³-hybridized carbons (Fsp3) is 0.364. The standard InChI is InChI=1S/C11H13NO4/c1-3-16-11(14)7(2)8-4-5-9(12-15)10(13)6-8/h4-7,13H,3H2,1-2H3. The zero-order chi connectivity index (χ0) is 12.1. The number of carbonyl (C=O) groups excluding carboxylic acids is 1. The Hall–Kier alpha value is -1.91. The molecule has 0 fully saturated rings.